The molecule has 0 radical (unpaired) electrons. The van der Waals surface area contributed by atoms with Crippen molar-refractivity contribution >= 4 is 33.3 Å². The van der Waals surface area contributed by atoms with Crippen LogP contribution in [0.3, 0.4) is 0 Å². The fourth-order valence-electron chi connectivity index (χ4n) is 5.92. The lowest BCUT2D eigenvalue weighted by molar-refractivity contribution is -0.132. The topological polar surface area (TPSA) is 61.9 Å². The lowest BCUT2D eigenvalue weighted by atomic mass is 9.82. The third kappa shape index (κ3) is 7.31. The number of benzene rings is 3. The molecule has 5 rings (SSSR count). The van der Waals surface area contributed by atoms with Crippen LogP contribution in [-0.2, 0) is 22.4 Å². The predicted molar refractivity (Wildman–Crippen MR) is 171 cm³/mol. The Morgan fingerprint density at radius 3 is 2.45 bits per heavy atom. The first-order valence-electron chi connectivity index (χ1n) is 14.8. The summed E-state index contributed by atoms with van der Waals surface area (Å²) in [6.07, 6.45) is 3.35. The summed E-state index contributed by atoms with van der Waals surface area (Å²) in [5.74, 6) is 0.984. The summed E-state index contributed by atoms with van der Waals surface area (Å²) >= 11 is 3.53. The zero-order chi connectivity index (χ0) is 29.6. The molecule has 0 saturated carbocycles. The summed E-state index contributed by atoms with van der Waals surface area (Å²) in [4.78, 5) is 30.0. The van der Waals surface area contributed by atoms with Gasteiger partial charge in [0.1, 0.15) is 5.75 Å². The van der Waals surface area contributed by atoms with Crippen molar-refractivity contribution in [1.29, 1.82) is 0 Å². The molecule has 1 saturated heterocycles. The van der Waals surface area contributed by atoms with E-state index in [1.165, 1.54) is 11.1 Å². The van der Waals surface area contributed by atoms with Crippen LogP contribution in [0.25, 0.3) is 5.57 Å². The van der Waals surface area contributed by atoms with E-state index in [0.29, 0.717) is 32.7 Å². The average molecular weight is 631 g/mol. The molecule has 2 bridgehead atoms. The van der Waals surface area contributed by atoms with E-state index in [2.05, 4.69) is 70.6 Å². The van der Waals surface area contributed by atoms with E-state index in [1.54, 1.807) is 6.92 Å². The normalized spacial score (nSPS) is 18.1. The van der Waals surface area contributed by atoms with E-state index in [0.717, 1.165) is 51.8 Å². The molecule has 2 aliphatic rings. The molecule has 1 fully saturated rings. The first-order chi connectivity index (χ1) is 20.3. The molecule has 3 aromatic rings. The lowest BCUT2D eigenvalue weighted by Crippen LogP contribution is -2.61. The standard InChI is InChI=1S/C35H40BrN3O3/c1-24-20-30(15-16-32(24)36)42-19-7-10-27-11-13-28(14-12-27)31-21-29-22-39(25(2)40)23-33(37-29)34(31)35(41)38(3)18-17-26-8-5-4-6-9-26/h4-6,8-9,11-16,20,29,33,37H,7,10,17-19,21-23H2,1-3H3/t29-,33-/m1/s1. The summed E-state index contributed by atoms with van der Waals surface area (Å²) in [5, 5.41) is 3.65. The highest BCUT2D eigenvalue weighted by atomic mass is 79.9. The molecule has 2 aliphatic heterocycles. The van der Waals surface area contributed by atoms with Crippen molar-refractivity contribution in [1.82, 2.24) is 15.1 Å². The number of carbonyl (C=O) groups excluding carboxylic acids is 2. The van der Waals surface area contributed by atoms with Crippen LogP contribution in [-0.4, -0.2) is 67.0 Å². The highest BCUT2D eigenvalue weighted by Gasteiger charge is 2.39. The van der Waals surface area contributed by atoms with Gasteiger partial charge in [0.15, 0.2) is 0 Å². The van der Waals surface area contributed by atoms with Gasteiger partial charge < -0.3 is 19.9 Å². The second-order valence-corrected chi connectivity index (χ2v) is 12.3. The van der Waals surface area contributed by atoms with Gasteiger partial charge in [0, 0.05) is 49.7 Å². The molecule has 6 nitrogen and oxygen atoms in total. The second-order valence-electron chi connectivity index (χ2n) is 11.5. The number of hydrogen-bond acceptors (Lipinski definition) is 4. The molecule has 2 heterocycles. The number of nitrogens with one attached hydrogen (secondary N) is 1. The van der Waals surface area contributed by atoms with E-state index in [4.69, 9.17) is 4.74 Å². The number of hydrogen-bond donors (Lipinski definition) is 1. The number of ether oxygens (including phenoxy) is 1. The number of aryl methyl sites for hydroxylation is 2. The number of amides is 2. The van der Waals surface area contributed by atoms with Gasteiger partial charge in [-0.1, -0.05) is 70.5 Å². The van der Waals surface area contributed by atoms with Crippen molar-refractivity contribution in [2.75, 3.05) is 33.3 Å². The zero-order valence-electron chi connectivity index (χ0n) is 24.7. The molecule has 1 N–H and O–H groups in total. The molecule has 42 heavy (non-hydrogen) atoms. The first-order valence-corrected chi connectivity index (χ1v) is 15.6. The summed E-state index contributed by atoms with van der Waals surface area (Å²) in [7, 11) is 1.88. The summed E-state index contributed by atoms with van der Waals surface area (Å²) in [5.41, 5.74) is 6.60. The van der Waals surface area contributed by atoms with Crippen molar-refractivity contribution in [2.45, 2.75) is 51.6 Å². The number of rotatable bonds is 10. The smallest absolute Gasteiger partial charge is 0.251 e. The summed E-state index contributed by atoms with van der Waals surface area (Å²) < 4.78 is 7.04. The Morgan fingerprint density at radius 2 is 1.74 bits per heavy atom. The SMILES string of the molecule is CC(=O)N1C[C@H]2CC(c3ccc(CCCOc4ccc(Br)c(C)c4)cc3)=C(C(=O)N(C)CCc3ccccc3)[C@@H](C1)N2. The van der Waals surface area contributed by atoms with E-state index in [9.17, 15) is 9.59 Å². The van der Waals surface area contributed by atoms with Crippen molar-refractivity contribution < 1.29 is 14.3 Å². The van der Waals surface area contributed by atoms with Gasteiger partial charge in [-0.15, -0.1) is 0 Å². The number of halogens is 1. The number of fused-ring (bicyclic) bond motifs is 2. The number of carbonyl (C=O) groups is 2. The fraction of sp³-hybridized carbons (Fsp3) is 0.371. The Kier molecular flexibility index (Phi) is 9.80. The van der Waals surface area contributed by atoms with Crippen molar-refractivity contribution in [2.24, 2.45) is 0 Å². The molecule has 2 atom stereocenters. The minimum Gasteiger partial charge on any atom is -0.494 e. The Hall–Kier alpha value is -3.42. The number of piperazine rings is 1. The van der Waals surface area contributed by atoms with E-state index >= 15 is 0 Å². The van der Waals surface area contributed by atoms with Gasteiger partial charge in [0.25, 0.3) is 5.91 Å². The Bertz CT molecular complexity index is 1440. The maximum absolute atomic E-state index is 14.0. The van der Waals surface area contributed by atoms with Gasteiger partial charge in [0.2, 0.25) is 5.91 Å². The van der Waals surface area contributed by atoms with Crippen LogP contribution in [0.2, 0.25) is 0 Å². The van der Waals surface area contributed by atoms with Crippen LogP contribution in [0.4, 0.5) is 0 Å². The van der Waals surface area contributed by atoms with Gasteiger partial charge in [0.05, 0.1) is 12.6 Å². The number of likely N-dealkylation sites (N-methyl/N-ethyl adjacent to an activating group) is 1. The van der Waals surface area contributed by atoms with Crippen molar-refractivity contribution in [3.05, 3.63) is 105 Å². The van der Waals surface area contributed by atoms with E-state index < -0.39 is 0 Å². The van der Waals surface area contributed by atoms with Gasteiger partial charge in [-0.05, 0) is 78.6 Å². The minimum absolute atomic E-state index is 0.0340. The summed E-state index contributed by atoms with van der Waals surface area (Å²) in [6.45, 7) is 6.14. The number of nitrogens with zero attached hydrogens (tertiary/aromatic N) is 2. The first kappa shape index (κ1) is 30.1. The molecule has 0 aromatic heterocycles. The van der Waals surface area contributed by atoms with E-state index in [-0.39, 0.29) is 23.9 Å². The van der Waals surface area contributed by atoms with Gasteiger partial charge >= 0.3 is 0 Å². The highest BCUT2D eigenvalue weighted by Crippen LogP contribution is 2.34. The van der Waals surface area contributed by atoms with Crippen molar-refractivity contribution in [3.63, 3.8) is 0 Å². The van der Waals surface area contributed by atoms with Crippen LogP contribution in [0, 0.1) is 6.92 Å². The largest absolute Gasteiger partial charge is 0.494 e. The van der Waals surface area contributed by atoms with Crippen LogP contribution in [0.15, 0.2) is 82.8 Å². The van der Waals surface area contributed by atoms with Crippen molar-refractivity contribution in [3.8, 4) is 5.75 Å². The average Bonchev–Trinajstić information content (AvgIpc) is 3.00. The fourth-order valence-corrected chi connectivity index (χ4v) is 6.17. The molecule has 220 valence electrons. The van der Waals surface area contributed by atoms with Gasteiger partial charge in [-0.25, -0.2) is 0 Å². The highest BCUT2D eigenvalue weighted by molar-refractivity contribution is 9.10. The quantitative estimate of drug-likeness (QED) is 0.287. The molecule has 0 spiro atoms. The van der Waals surface area contributed by atoms with E-state index in [1.807, 2.05) is 47.2 Å². The lowest BCUT2D eigenvalue weighted by Gasteiger charge is -2.44. The maximum atomic E-state index is 14.0. The Labute approximate surface area is 257 Å². The Morgan fingerprint density at radius 1 is 1.00 bits per heavy atom. The molecule has 3 aromatic carbocycles. The molecular weight excluding hydrogens is 590 g/mol. The third-order valence-electron chi connectivity index (χ3n) is 8.32. The van der Waals surface area contributed by atoms with Gasteiger partial charge in [-0.2, -0.15) is 0 Å². The zero-order valence-corrected chi connectivity index (χ0v) is 26.3. The third-order valence-corrected chi connectivity index (χ3v) is 9.21. The molecule has 2 amide bonds. The monoisotopic (exact) mass is 629 g/mol. The van der Waals surface area contributed by atoms with Gasteiger partial charge in [-0.3, -0.25) is 9.59 Å². The Balaban J connectivity index is 1.29. The molecule has 7 heteroatoms. The van der Waals surface area contributed by atoms with Crippen LogP contribution in [0.5, 0.6) is 5.75 Å². The summed E-state index contributed by atoms with van der Waals surface area (Å²) in [6, 6.07) is 24.9. The molecular formula is C35H40BrN3O3. The predicted octanol–water partition coefficient (Wildman–Crippen LogP) is 5.82. The van der Waals surface area contributed by atoms with Crippen LogP contribution < -0.4 is 10.1 Å². The molecule has 0 aliphatic carbocycles. The maximum Gasteiger partial charge on any atom is 0.251 e. The molecule has 0 unspecified atom stereocenters. The minimum atomic E-state index is -0.179. The second kappa shape index (κ2) is 13.7. The van der Waals surface area contributed by atoms with Crippen LogP contribution >= 0.6 is 15.9 Å². The van der Waals surface area contributed by atoms with Crippen LogP contribution in [0.1, 0.15) is 42.0 Å².